The molecule has 1 aliphatic carbocycles. The van der Waals surface area contributed by atoms with E-state index >= 15 is 0 Å². The van der Waals surface area contributed by atoms with E-state index in [-0.39, 0.29) is 17.4 Å². The summed E-state index contributed by atoms with van der Waals surface area (Å²) in [7, 11) is 1.96. The Hall–Kier alpha value is -3.09. The summed E-state index contributed by atoms with van der Waals surface area (Å²) in [5.74, 6) is -0.208. The van der Waals surface area contributed by atoms with Crippen molar-refractivity contribution in [1.29, 1.82) is 0 Å². The van der Waals surface area contributed by atoms with Gasteiger partial charge < -0.3 is 19.4 Å². The van der Waals surface area contributed by atoms with Crippen molar-refractivity contribution in [1.82, 2.24) is 4.57 Å². The number of nitrogens with one attached hydrogen (secondary N) is 1. The number of aromatic nitrogens is 1. The van der Waals surface area contributed by atoms with Crippen LogP contribution in [0.4, 0.5) is 14.5 Å². The highest BCUT2D eigenvalue weighted by Gasteiger charge is 2.52. The standard InChI is InChI=1S/C20H16F2N2O3/c1-24-9-6-12-10-14(3-4-15(12)24)23-18(25)19(7-8-19)13-2-5-16-17(11-13)27-20(21,22)26-16/h2-6,9-11H,7-8H2,1H3,(H,23,25). The predicted molar refractivity (Wildman–Crippen MR) is 95.1 cm³/mol. The zero-order valence-corrected chi connectivity index (χ0v) is 14.5. The molecule has 1 aromatic heterocycles. The fourth-order valence-corrected chi connectivity index (χ4v) is 3.63. The second-order valence-corrected chi connectivity index (χ2v) is 7.07. The van der Waals surface area contributed by atoms with Crippen LogP contribution in [0.15, 0.2) is 48.7 Å². The number of nitrogens with zero attached hydrogens (tertiary/aromatic N) is 1. The van der Waals surface area contributed by atoms with Crippen LogP contribution >= 0.6 is 0 Å². The van der Waals surface area contributed by atoms with Crippen molar-refractivity contribution in [3.05, 3.63) is 54.2 Å². The minimum atomic E-state index is -3.66. The van der Waals surface area contributed by atoms with Crippen molar-refractivity contribution in [3.8, 4) is 11.5 Å². The molecule has 0 spiro atoms. The fourth-order valence-electron chi connectivity index (χ4n) is 3.63. The van der Waals surface area contributed by atoms with Crippen LogP contribution in [0, 0.1) is 0 Å². The van der Waals surface area contributed by atoms with Crippen LogP contribution in [0.2, 0.25) is 0 Å². The minimum Gasteiger partial charge on any atom is -0.395 e. The molecule has 1 aliphatic heterocycles. The minimum absolute atomic E-state index is 0.0190. The number of amides is 1. The summed E-state index contributed by atoms with van der Waals surface area (Å²) in [5, 5.41) is 3.99. The van der Waals surface area contributed by atoms with E-state index in [1.165, 1.54) is 12.1 Å². The number of alkyl halides is 2. The molecule has 7 heteroatoms. The molecule has 2 heterocycles. The van der Waals surface area contributed by atoms with E-state index in [0.717, 1.165) is 10.9 Å². The first kappa shape index (κ1) is 16.1. The van der Waals surface area contributed by atoms with Gasteiger partial charge in [-0.25, -0.2) is 0 Å². The second kappa shape index (κ2) is 5.22. The number of hydrogen-bond donors (Lipinski definition) is 1. The van der Waals surface area contributed by atoms with Gasteiger partial charge in [0.25, 0.3) is 0 Å². The normalized spacial score (nSPS) is 18.5. The highest BCUT2D eigenvalue weighted by atomic mass is 19.3. The van der Waals surface area contributed by atoms with Crippen molar-refractivity contribution in [2.75, 3.05) is 5.32 Å². The number of halogens is 2. The lowest BCUT2D eigenvalue weighted by Crippen LogP contribution is -2.27. The number of aryl methyl sites for hydroxylation is 1. The van der Waals surface area contributed by atoms with Crippen LogP contribution in [0.1, 0.15) is 18.4 Å². The number of carbonyl (C=O) groups is 1. The van der Waals surface area contributed by atoms with Crippen molar-refractivity contribution in [2.24, 2.45) is 7.05 Å². The molecule has 5 rings (SSSR count). The molecule has 0 radical (unpaired) electrons. The summed E-state index contributed by atoms with van der Waals surface area (Å²) in [6, 6.07) is 12.3. The van der Waals surface area contributed by atoms with Crippen molar-refractivity contribution >= 4 is 22.5 Å². The monoisotopic (exact) mass is 370 g/mol. The molecule has 1 N–H and O–H groups in total. The second-order valence-electron chi connectivity index (χ2n) is 7.07. The maximum absolute atomic E-state index is 13.2. The third kappa shape index (κ3) is 2.53. The van der Waals surface area contributed by atoms with Crippen LogP contribution in [0.25, 0.3) is 10.9 Å². The van der Waals surface area contributed by atoms with Gasteiger partial charge in [0.05, 0.1) is 5.41 Å². The quantitative estimate of drug-likeness (QED) is 0.753. The fraction of sp³-hybridized carbons (Fsp3) is 0.250. The molecule has 0 saturated heterocycles. The van der Waals surface area contributed by atoms with Crippen molar-refractivity contribution < 1.29 is 23.0 Å². The number of carbonyl (C=O) groups excluding carboxylic acids is 1. The van der Waals surface area contributed by atoms with E-state index in [1.54, 1.807) is 6.07 Å². The number of benzene rings is 2. The molecule has 1 amide bonds. The van der Waals surface area contributed by atoms with Crippen LogP contribution in [-0.2, 0) is 17.3 Å². The van der Waals surface area contributed by atoms with Crippen molar-refractivity contribution in [2.45, 2.75) is 24.6 Å². The number of hydrogen-bond acceptors (Lipinski definition) is 3. The van der Waals surface area contributed by atoms with Crippen molar-refractivity contribution in [3.63, 3.8) is 0 Å². The molecule has 138 valence electrons. The molecule has 5 nitrogen and oxygen atoms in total. The molecule has 0 bridgehead atoms. The number of ether oxygens (including phenoxy) is 2. The van der Waals surface area contributed by atoms with E-state index < -0.39 is 11.7 Å². The maximum atomic E-state index is 13.2. The molecule has 3 aromatic rings. The Morgan fingerprint density at radius 1 is 1.07 bits per heavy atom. The van der Waals surface area contributed by atoms with E-state index in [9.17, 15) is 13.6 Å². The Kier molecular flexibility index (Phi) is 3.11. The van der Waals surface area contributed by atoms with Crippen LogP contribution < -0.4 is 14.8 Å². The molecule has 27 heavy (non-hydrogen) atoms. The van der Waals surface area contributed by atoms with Gasteiger partial charge in [-0.15, -0.1) is 8.78 Å². The summed E-state index contributed by atoms with van der Waals surface area (Å²) < 4.78 is 37.4. The first-order valence-electron chi connectivity index (χ1n) is 8.63. The Morgan fingerprint density at radius 3 is 2.63 bits per heavy atom. The Bertz CT molecular complexity index is 1090. The average molecular weight is 370 g/mol. The number of rotatable bonds is 3. The molecule has 0 atom stereocenters. The van der Waals surface area contributed by atoms with Gasteiger partial charge in [-0.1, -0.05) is 6.07 Å². The molecular formula is C20H16F2N2O3. The third-order valence-electron chi connectivity index (χ3n) is 5.28. The topological polar surface area (TPSA) is 52.5 Å². The summed E-state index contributed by atoms with van der Waals surface area (Å²) in [6.45, 7) is 0. The van der Waals surface area contributed by atoms with Gasteiger partial charge in [0.2, 0.25) is 5.91 Å². The Labute approximate surface area is 153 Å². The largest absolute Gasteiger partial charge is 0.586 e. The van der Waals surface area contributed by atoms with Crippen LogP contribution in [-0.4, -0.2) is 16.8 Å². The number of anilines is 1. The van der Waals surface area contributed by atoms with E-state index in [0.29, 0.717) is 24.1 Å². The number of fused-ring (bicyclic) bond motifs is 2. The average Bonchev–Trinajstić information content (AvgIpc) is 3.27. The zero-order chi connectivity index (χ0) is 18.8. The molecule has 0 unspecified atom stereocenters. The highest BCUT2D eigenvalue weighted by molar-refractivity contribution is 6.02. The lowest BCUT2D eigenvalue weighted by molar-refractivity contribution is -0.286. The van der Waals surface area contributed by atoms with Gasteiger partial charge in [0, 0.05) is 29.8 Å². The summed E-state index contributed by atoms with van der Waals surface area (Å²) in [5.41, 5.74) is 1.71. The zero-order valence-electron chi connectivity index (χ0n) is 14.5. The maximum Gasteiger partial charge on any atom is 0.586 e. The molecular weight excluding hydrogens is 354 g/mol. The van der Waals surface area contributed by atoms with Gasteiger partial charge in [-0.05, 0) is 54.8 Å². The van der Waals surface area contributed by atoms with Gasteiger partial charge in [0.1, 0.15) is 0 Å². The van der Waals surface area contributed by atoms with Gasteiger partial charge >= 0.3 is 6.29 Å². The van der Waals surface area contributed by atoms with Crippen LogP contribution in [0.5, 0.6) is 11.5 Å². The van der Waals surface area contributed by atoms with E-state index in [2.05, 4.69) is 14.8 Å². The molecule has 1 saturated carbocycles. The SMILES string of the molecule is Cn1ccc2cc(NC(=O)C3(c4ccc5c(c4)OC(F)(F)O5)CC3)ccc21. The molecule has 2 aliphatic rings. The predicted octanol–water partition coefficient (Wildman–Crippen LogP) is 4.17. The highest BCUT2D eigenvalue weighted by Crippen LogP contribution is 2.52. The van der Waals surface area contributed by atoms with Gasteiger partial charge in [-0.3, -0.25) is 4.79 Å². The van der Waals surface area contributed by atoms with Gasteiger partial charge in [0.15, 0.2) is 11.5 Å². The first-order chi connectivity index (χ1) is 12.9. The van der Waals surface area contributed by atoms with E-state index in [1.807, 2.05) is 42.1 Å². The summed E-state index contributed by atoms with van der Waals surface area (Å²) in [4.78, 5) is 12.9. The third-order valence-corrected chi connectivity index (χ3v) is 5.28. The summed E-state index contributed by atoms with van der Waals surface area (Å²) in [6.07, 6.45) is -0.392. The smallest absolute Gasteiger partial charge is 0.395 e. The summed E-state index contributed by atoms with van der Waals surface area (Å²) >= 11 is 0. The van der Waals surface area contributed by atoms with Crippen LogP contribution in [0.3, 0.4) is 0 Å². The lowest BCUT2D eigenvalue weighted by Gasteiger charge is -2.16. The Balaban J connectivity index is 1.41. The van der Waals surface area contributed by atoms with E-state index in [4.69, 9.17) is 0 Å². The molecule has 1 fully saturated rings. The Morgan fingerprint density at radius 2 is 1.85 bits per heavy atom. The first-order valence-corrected chi connectivity index (χ1v) is 8.63. The lowest BCUT2D eigenvalue weighted by atomic mass is 9.94. The molecule has 2 aromatic carbocycles. The van der Waals surface area contributed by atoms with Gasteiger partial charge in [-0.2, -0.15) is 0 Å².